The first-order valence-electron chi connectivity index (χ1n) is 6.53. The van der Waals surface area contributed by atoms with Gasteiger partial charge in [0.05, 0.1) is 12.6 Å². The summed E-state index contributed by atoms with van der Waals surface area (Å²) in [6.45, 7) is 1.91. The number of aliphatic hydroxyl groups excluding tert-OH is 1. The van der Waals surface area contributed by atoms with Gasteiger partial charge < -0.3 is 15.5 Å². The standard InChI is InChI=1S/C14H18N2O4/c1-8(16-12(7-17)14(19)20)13(18)10-2-3-11-9(6-10)4-5-15-11/h2-3,6,8,12,15-17H,4-5,7H2,1H3,(H,19,20). The molecule has 0 aromatic heterocycles. The summed E-state index contributed by atoms with van der Waals surface area (Å²) in [4.78, 5) is 23.1. The van der Waals surface area contributed by atoms with E-state index in [9.17, 15) is 9.59 Å². The maximum Gasteiger partial charge on any atom is 0.323 e. The van der Waals surface area contributed by atoms with Crippen LogP contribution in [0.3, 0.4) is 0 Å². The number of carboxylic acid groups (broad SMARTS) is 1. The third-order valence-electron chi connectivity index (χ3n) is 3.42. The van der Waals surface area contributed by atoms with Gasteiger partial charge in [-0.15, -0.1) is 0 Å². The molecule has 6 nitrogen and oxygen atoms in total. The molecule has 1 heterocycles. The molecule has 0 aliphatic carbocycles. The van der Waals surface area contributed by atoms with Crippen LogP contribution in [-0.4, -0.2) is 47.2 Å². The third kappa shape index (κ3) is 2.97. The molecule has 4 N–H and O–H groups in total. The summed E-state index contributed by atoms with van der Waals surface area (Å²) < 4.78 is 0. The lowest BCUT2D eigenvalue weighted by atomic mass is 10.0. The fourth-order valence-electron chi connectivity index (χ4n) is 2.29. The molecule has 0 saturated heterocycles. The van der Waals surface area contributed by atoms with Gasteiger partial charge in [-0.25, -0.2) is 0 Å². The SMILES string of the molecule is CC(NC(CO)C(=O)O)C(=O)c1ccc2c(c1)CCN2. The summed E-state index contributed by atoms with van der Waals surface area (Å²) >= 11 is 0. The Bertz CT molecular complexity index is 530. The highest BCUT2D eigenvalue weighted by atomic mass is 16.4. The fourth-order valence-corrected chi connectivity index (χ4v) is 2.29. The first-order valence-corrected chi connectivity index (χ1v) is 6.53. The van der Waals surface area contributed by atoms with Crippen molar-refractivity contribution < 1.29 is 19.8 Å². The second kappa shape index (κ2) is 6.02. The van der Waals surface area contributed by atoms with E-state index in [1.807, 2.05) is 12.1 Å². The second-order valence-electron chi connectivity index (χ2n) is 4.87. The maximum absolute atomic E-state index is 12.3. The van der Waals surface area contributed by atoms with Crippen LogP contribution in [0.2, 0.25) is 0 Å². The zero-order valence-corrected chi connectivity index (χ0v) is 11.2. The number of benzene rings is 1. The molecular weight excluding hydrogens is 260 g/mol. The molecular formula is C14H18N2O4. The van der Waals surface area contributed by atoms with Crippen LogP contribution in [-0.2, 0) is 11.2 Å². The van der Waals surface area contributed by atoms with Crippen LogP contribution in [0, 0.1) is 0 Å². The van der Waals surface area contributed by atoms with Gasteiger partial charge in [0.25, 0.3) is 0 Å². The molecule has 108 valence electrons. The van der Waals surface area contributed by atoms with Crippen LogP contribution in [0.1, 0.15) is 22.8 Å². The number of fused-ring (bicyclic) bond motifs is 1. The van der Waals surface area contributed by atoms with Crippen molar-refractivity contribution in [1.29, 1.82) is 0 Å². The van der Waals surface area contributed by atoms with Gasteiger partial charge in [-0.3, -0.25) is 14.9 Å². The molecule has 0 spiro atoms. The molecule has 1 aliphatic heterocycles. The Kier molecular flexibility index (Phi) is 4.36. The number of hydrogen-bond donors (Lipinski definition) is 4. The van der Waals surface area contributed by atoms with Gasteiger partial charge in [0.2, 0.25) is 0 Å². The van der Waals surface area contributed by atoms with Crippen molar-refractivity contribution in [2.75, 3.05) is 18.5 Å². The van der Waals surface area contributed by atoms with E-state index in [0.29, 0.717) is 5.56 Å². The van der Waals surface area contributed by atoms with Crippen molar-refractivity contribution in [2.24, 2.45) is 0 Å². The summed E-state index contributed by atoms with van der Waals surface area (Å²) in [6.07, 6.45) is 0.882. The van der Waals surface area contributed by atoms with Gasteiger partial charge in [0, 0.05) is 17.8 Å². The highest BCUT2D eigenvalue weighted by Gasteiger charge is 2.24. The minimum absolute atomic E-state index is 0.181. The van der Waals surface area contributed by atoms with E-state index in [1.54, 1.807) is 13.0 Å². The lowest BCUT2D eigenvalue weighted by Crippen LogP contribution is -2.47. The number of anilines is 1. The largest absolute Gasteiger partial charge is 0.480 e. The van der Waals surface area contributed by atoms with Gasteiger partial charge in [-0.05, 0) is 37.1 Å². The lowest BCUT2D eigenvalue weighted by molar-refractivity contribution is -0.140. The Balaban J connectivity index is 2.08. The number of carbonyl (C=O) groups excluding carboxylic acids is 1. The molecule has 1 aromatic rings. The van der Waals surface area contributed by atoms with E-state index >= 15 is 0 Å². The van der Waals surface area contributed by atoms with Crippen molar-refractivity contribution in [2.45, 2.75) is 25.4 Å². The molecule has 0 bridgehead atoms. The van der Waals surface area contributed by atoms with Gasteiger partial charge >= 0.3 is 5.97 Å². The predicted octanol–water partition coefficient (Wildman–Crippen LogP) is 0.261. The first-order chi connectivity index (χ1) is 9.52. The van der Waals surface area contributed by atoms with E-state index in [-0.39, 0.29) is 5.78 Å². The van der Waals surface area contributed by atoms with Gasteiger partial charge in [-0.2, -0.15) is 0 Å². The summed E-state index contributed by atoms with van der Waals surface area (Å²) in [5.41, 5.74) is 2.69. The Morgan fingerprint density at radius 3 is 2.85 bits per heavy atom. The number of aliphatic carboxylic acids is 1. The zero-order valence-electron chi connectivity index (χ0n) is 11.2. The number of nitrogens with one attached hydrogen (secondary N) is 2. The van der Waals surface area contributed by atoms with Crippen molar-refractivity contribution in [3.05, 3.63) is 29.3 Å². The predicted molar refractivity (Wildman–Crippen MR) is 74.1 cm³/mol. The normalized spacial score (nSPS) is 16.1. The molecule has 0 amide bonds. The minimum Gasteiger partial charge on any atom is -0.480 e. The number of hydrogen-bond acceptors (Lipinski definition) is 5. The quantitative estimate of drug-likeness (QED) is 0.557. The number of Topliss-reactive ketones (excluding diaryl/α,β-unsaturated/α-hetero) is 1. The van der Waals surface area contributed by atoms with E-state index in [0.717, 1.165) is 24.2 Å². The molecule has 2 atom stereocenters. The third-order valence-corrected chi connectivity index (χ3v) is 3.42. The van der Waals surface area contributed by atoms with E-state index in [1.165, 1.54) is 0 Å². The number of rotatable bonds is 6. The number of carbonyl (C=O) groups is 2. The van der Waals surface area contributed by atoms with Crippen LogP contribution in [0.5, 0.6) is 0 Å². The molecule has 2 unspecified atom stereocenters. The highest BCUT2D eigenvalue weighted by molar-refractivity contribution is 6.00. The number of ketones is 1. The molecule has 1 aromatic carbocycles. The fraction of sp³-hybridized carbons (Fsp3) is 0.429. The van der Waals surface area contributed by atoms with Crippen LogP contribution in [0.4, 0.5) is 5.69 Å². The van der Waals surface area contributed by atoms with Crippen LogP contribution in [0.25, 0.3) is 0 Å². The van der Waals surface area contributed by atoms with Gasteiger partial charge in [-0.1, -0.05) is 0 Å². The van der Waals surface area contributed by atoms with Crippen molar-refractivity contribution >= 4 is 17.4 Å². The van der Waals surface area contributed by atoms with Crippen LogP contribution < -0.4 is 10.6 Å². The maximum atomic E-state index is 12.3. The zero-order chi connectivity index (χ0) is 14.7. The number of carboxylic acids is 1. The monoisotopic (exact) mass is 278 g/mol. The summed E-state index contributed by atoms with van der Waals surface area (Å²) in [5, 5.41) is 23.7. The van der Waals surface area contributed by atoms with Crippen molar-refractivity contribution in [1.82, 2.24) is 5.32 Å². The molecule has 2 rings (SSSR count). The number of aliphatic hydroxyl groups is 1. The smallest absolute Gasteiger partial charge is 0.323 e. The van der Waals surface area contributed by atoms with E-state index < -0.39 is 24.7 Å². The Labute approximate surface area is 116 Å². The first kappa shape index (κ1) is 14.5. The average molecular weight is 278 g/mol. The average Bonchev–Trinajstić information content (AvgIpc) is 2.90. The van der Waals surface area contributed by atoms with E-state index in [2.05, 4.69) is 10.6 Å². The van der Waals surface area contributed by atoms with Crippen molar-refractivity contribution in [3.63, 3.8) is 0 Å². The van der Waals surface area contributed by atoms with E-state index in [4.69, 9.17) is 10.2 Å². The lowest BCUT2D eigenvalue weighted by Gasteiger charge is -2.17. The summed E-state index contributed by atoms with van der Waals surface area (Å²) in [6, 6.07) is 3.63. The van der Waals surface area contributed by atoms with Crippen LogP contribution in [0.15, 0.2) is 18.2 Å². The molecule has 0 radical (unpaired) electrons. The van der Waals surface area contributed by atoms with Gasteiger partial charge in [0.15, 0.2) is 5.78 Å². The Morgan fingerprint density at radius 2 is 2.20 bits per heavy atom. The van der Waals surface area contributed by atoms with Gasteiger partial charge in [0.1, 0.15) is 6.04 Å². The Morgan fingerprint density at radius 1 is 1.45 bits per heavy atom. The summed E-state index contributed by atoms with van der Waals surface area (Å²) in [5.74, 6) is -1.36. The molecule has 1 aliphatic rings. The summed E-state index contributed by atoms with van der Waals surface area (Å²) in [7, 11) is 0. The minimum atomic E-state index is -1.18. The second-order valence-corrected chi connectivity index (χ2v) is 4.87. The molecule has 6 heteroatoms. The Hall–Kier alpha value is -1.92. The molecule has 0 fully saturated rings. The van der Waals surface area contributed by atoms with Crippen molar-refractivity contribution in [3.8, 4) is 0 Å². The highest BCUT2D eigenvalue weighted by Crippen LogP contribution is 2.23. The van der Waals surface area contributed by atoms with Crippen LogP contribution >= 0.6 is 0 Å². The topological polar surface area (TPSA) is 98.7 Å². The molecule has 20 heavy (non-hydrogen) atoms. The molecule has 0 saturated carbocycles.